The highest BCUT2D eigenvalue weighted by Gasteiger charge is 2.20. The van der Waals surface area contributed by atoms with Crippen molar-refractivity contribution in [1.29, 1.82) is 0 Å². The number of carbonyl (C=O) groups excluding carboxylic acids is 1. The highest BCUT2D eigenvalue weighted by atomic mass is 16.8. The van der Waals surface area contributed by atoms with Gasteiger partial charge in [0.25, 0.3) is 0 Å². The molecule has 128 valence electrons. The van der Waals surface area contributed by atoms with E-state index in [2.05, 4.69) is 0 Å². The van der Waals surface area contributed by atoms with Crippen molar-refractivity contribution >= 4 is 17.1 Å². The Morgan fingerprint density at radius 1 is 0.808 bits per heavy atom. The molecule has 0 saturated heterocycles. The van der Waals surface area contributed by atoms with Gasteiger partial charge in [-0.3, -0.25) is 0 Å². The molecule has 0 aliphatic rings. The van der Waals surface area contributed by atoms with Gasteiger partial charge in [-0.1, -0.05) is 78.9 Å². The molecule has 0 spiro atoms. The third-order valence-electron chi connectivity index (χ3n) is 4.00. The van der Waals surface area contributed by atoms with Gasteiger partial charge in [0, 0.05) is 5.39 Å². The van der Waals surface area contributed by atoms with Gasteiger partial charge in [0.15, 0.2) is 0 Å². The second-order valence-corrected chi connectivity index (χ2v) is 5.75. The van der Waals surface area contributed by atoms with Crippen LogP contribution in [-0.2, 0) is 11.3 Å². The van der Waals surface area contributed by atoms with Crippen molar-refractivity contribution in [3.05, 3.63) is 90.5 Å². The monoisotopic (exact) mass is 344 g/mol. The van der Waals surface area contributed by atoms with E-state index in [0.29, 0.717) is 5.58 Å². The first-order valence-electron chi connectivity index (χ1n) is 8.27. The summed E-state index contributed by atoms with van der Waals surface area (Å²) in [6.45, 7) is 0.139. The summed E-state index contributed by atoms with van der Waals surface area (Å²) < 4.78 is 16.3. The SMILES string of the molecule is O=C(OCc1ccccc1)Oc1oc2ccccc2c1-c1ccccc1. The Balaban J connectivity index is 1.61. The highest BCUT2D eigenvalue weighted by Crippen LogP contribution is 2.40. The number of rotatable bonds is 4. The number of hydrogen-bond acceptors (Lipinski definition) is 4. The number of hydrogen-bond donors (Lipinski definition) is 0. The highest BCUT2D eigenvalue weighted by molar-refractivity contribution is 5.97. The standard InChI is InChI=1S/C22H16O4/c23-22(24-15-16-9-3-1-4-10-16)26-21-20(17-11-5-2-6-12-17)18-13-7-8-14-19(18)25-21/h1-14H,15H2. The van der Waals surface area contributed by atoms with Crippen molar-refractivity contribution in [2.45, 2.75) is 6.61 Å². The van der Waals surface area contributed by atoms with Crippen molar-refractivity contribution in [1.82, 2.24) is 0 Å². The van der Waals surface area contributed by atoms with E-state index in [4.69, 9.17) is 13.9 Å². The molecule has 0 atom stereocenters. The number of benzene rings is 3. The second-order valence-electron chi connectivity index (χ2n) is 5.75. The predicted molar refractivity (Wildman–Crippen MR) is 98.9 cm³/mol. The summed E-state index contributed by atoms with van der Waals surface area (Å²) in [6, 6.07) is 26.7. The summed E-state index contributed by atoms with van der Waals surface area (Å²) in [6.07, 6.45) is -0.801. The minimum Gasteiger partial charge on any atom is -0.429 e. The maximum absolute atomic E-state index is 12.1. The van der Waals surface area contributed by atoms with Crippen molar-refractivity contribution < 1.29 is 18.7 Å². The topological polar surface area (TPSA) is 48.7 Å². The fourth-order valence-corrected chi connectivity index (χ4v) is 2.79. The molecule has 0 aliphatic heterocycles. The molecule has 26 heavy (non-hydrogen) atoms. The third-order valence-corrected chi connectivity index (χ3v) is 4.00. The Morgan fingerprint density at radius 2 is 1.46 bits per heavy atom. The lowest BCUT2D eigenvalue weighted by atomic mass is 10.0. The van der Waals surface area contributed by atoms with Gasteiger partial charge in [-0.2, -0.15) is 0 Å². The molecule has 0 saturated carbocycles. The van der Waals surface area contributed by atoms with Crippen molar-refractivity contribution in [2.24, 2.45) is 0 Å². The van der Waals surface area contributed by atoms with Crippen LogP contribution in [0.15, 0.2) is 89.3 Å². The van der Waals surface area contributed by atoms with Gasteiger partial charge in [0.2, 0.25) is 0 Å². The molecular formula is C22H16O4. The summed E-state index contributed by atoms with van der Waals surface area (Å²) in [5, 5.41) is 0.879. The van der Waals surface area contributed by atoms with Crippen LogP contribution in [0.25, 0.3) is 22.1 Å². The molecule has 3 aromatic carbocycles. The van der Waals surface area contributed by atoms with Gasteiger partial charge < -0.3 is 13.9 Å². The summed E-state index contributed by atoms with van der Waals surface area (Å²) >= 11 is 0. The molecular weight excluding hydrogens is 328 g/mol. The quantitative estimate of drug-likeness (QED) is 0.438. The Morgan fingerprint density at radius 3 is 2.23 bits per heavy atom. The smallest absolute Gasteiger partial charge is 0.429 e. The number of para-hydroxylation sites is 1. The lowest BCUT2D eigenvalue weighted by Crippen LogP contribution is -2.10. The first kappa shape index (κ1) is 16.0. The first-order valence-corrected chi connectivity index (χ1v) is 8.27. The van der Waals surface area contributed by atoms with Crippen LogP contribution in [0.4, 0.5) is 4.79 Å². The molecule has 0 radical (unpaired) electrons. The molecule has 4 aromatic rings. The zero-order chi connectivity index (χ0) is 17.8. The van der Waals surface area contributed by atoms with Gasteiger partial charge in [0.05, 0.1) is 5.56 Å². The fourth-order valence-electron chi connectivity index (χ4n) is 2.79. The summed E-state index contributed by atoms with van der Waals surface area (Å²) in [5.74, 6) is 0.135. The van der Waals surface area contributed by atoms with Crippen LogP contribution in [0, 0.1) is 0 Å². The molecule has 4 heteroatoms. The molecule has 0 amide bonds. The molecule has 0 N–H and O–H groups in total. The Labute approximate surface area is 150 Å². The van der Waals surface area contributed by atoms with Crippen LogP contribution in [0.3, 0.4) is 0 Å². The van der Waals surface area contributed by atoms with Crippen LogP contribution in [0.2, 0.25) is 0 Å². The summed E-state index contributed by atoms with van der Waals surface area (Å²) in [5.41, 5.74) is 3.18. The zero-order valence-corrected chi connectivity index (χ0v) is 13.9. The Bertz CT molecular complexity index is 1020. The summed E-state index contributed by atoms with van der Waals surface area (Å²) in [7, 11) is 0. The van der Waals surface area contributed by atoms with Crippen LogP contribution in [0.1, 0.15) is 5.56 Å². The van der Waals surface area contributed by atoms with Crippen LogP contribution in [0.5, 0.6) is 5.95 Å². The zero-order valence-electron chi connectivity index (χ0n) is 13.9. The van der Waals surface area contributed by atoms with Gasteiger partial charge in [-0.05, 0) is 17.2 Å². The fraction of sp³-hybridized carbons (Fsp3) is 0.0455. The van der Waals surface area contributed by atoms with E-state index in [1.54, 1.807) is 0 Å². The molecule has 0 aliphatic carbocycles. The molecule has 4 rings (SSSR count). The number of carbonyl (C=O) groups is 1. The Hall–Kier alpha value is -3.53. The molecule has 1 heterocycles. The summed E-state index contributed by atoms with van der Waals surface area (Å²) in [4.78, 5) is 12.1. The Kier molecular flexibility index (Phi) is 4.39. The normalized spacial score (nSPS) is 10.6. The van der Waals surface area contributed by atoms with Crippen LogP contribution >= 0.6 is 0 Å². The maximum atomic E-state index is 12.1. The van der Waals surface area contributed by atoms with Crippen molar-refractivity contribution in [3.8, 4) is 17.1 Å². The van der Waals surface area contributed by atoms with Gasteiger partial charge in [-0.15, -0.1) is 0 Å². The van der Waals surface area contributed by atoms with Gasteiger partial charge >= 0.3 is 12.1 Å². The number of fused-ring (bicyclic) bond motifs is 1. The van der Waals surface area contributed by atoms with Crippen LogP contribution < -0.4 is 4.74 Å². The second kappa shape index (κ2) is 7.15. The van der Waals surface area contributed by atoms with E-state index < -0.39 is 6.16 Å². The molecule has 0 fully saturated rings. The van der Waals surface area contributed by atoms with E-state index in [9.17, 15) is 4.79 Å². The molecule has 0 unspecified atom stereocenters. The van der Waals surface area contributed by atoms with Crippen molar-refractivity contribution in [2.75, 3.05) is 0 Å². The van der Waals surface area contributed by atoms with E-state index >= 15 is 0 Å². The minimum absolute atomic E-state index is 0.135. The third kappa shape index (κ3) is 3.30. The van der Waals surface area contributed by atoms with E-state index in [0.717, 1.165) is 22.1 Å². The lowest BCUT2D eigenvalue weighted by Gasteiger charge is -2.06. The van der Waals surface area contributed by atoms with Gasteiger partial charge in [0.1, 0.15) is 12.2 Å². The lowest BCUT2D eigenvalue weighted by molar-refractivity contribution is 0.0852. The first-order chi connectivity index (χ1) is 12.8. The largest absolute Gasteiger partial charge is 0.516 e. The van der Waals surface area contributed by atoms with Crippen LogP contribution in [-0.4, -0.2) is 6.16 Å². The number of ether oxygens (including phenoxy) is 2. The predicted octanol–water partition coefficient (Wildman–Crippen LogP) is 5.82. The molecule has 4 nitrogen and oxygen atoms in total. The van der Waals surface area contributed by atoms with E-state index in [1.807, 2.05) is 84.9 Å². The average Bonchev–Trinajstić information content (AvgIpc) is 3.05. The minimum atomic E-state index is -0.801. The van der Waals surface area contributed by atoms with Crippen molar-refractivity contribution in [3.63, 3.8) is 0 Å². The maximum Gasteiger partial charge on any atom is 0.516 e. The van der Waals surface area contributed by atoms with E-state index in [1.165, 1.54) is 0 Å². The average molecular weight is 344 g/mol. The molecule has 0 bridgehead atoms. The number of furan rings is 1. The van der Waals surface area contributed by atoms with E-state index in [-0.39, 0.29) is 12.6 Å². The molecule has 1 aromatic heterocycles. The van der Waals surface area contributed by atoms with Gasteiger partial charge in [-0.25, -0.2) is 4.79 Å².